The lowest BCUT2D eigenvalue weighted by Crippen LogP contribution is -2.69. The first kappa shape index (κ1) is 15.8. The molecule has 2 N–H and O–H groups in total. The van der Waals surface area contributed by atoms with E-state index in [1.165, 1.54) is 0 Å². The number of hydroxylamine groups is 1. The van der Waals surface area contributed by atoms with Gasteiger partial charge in [-0.2, -0.15) is 0 Å². The number of carbonyl (C=O) groups is 2. The van der Waals surface area contributed by atoms with Gasteiger partial charge in [0.25, 0.3) is 0 Å². The molecule has 6 nitrogen and oxygen atoms in total. The molecule has 1 spiro atoms. The van der Waals surface area contributed by atoms with E-state index in [1.54, 1.807) is 12.4 Å². The van der Waals surface area contributed by atoms with E-state index in [1.807, 2.05) is 23.1 Å². The Bertz CT molecular complexity index is 611. The van der Waals surface area contributed by atoms with Gasteiger partial charge in [-0.25, -0.2) is 5.48 Å². The molecule has 0 aromatic heterocycles. The quantitative estimate of drug-likeness (QED) is 0.649. The zero-order valence-corrected chi connectivity index (χ0v) is 13.4. The topological polar surface area (TPSA) is 72.9 Å². The van der Waals surface area contributed by atoms with Gasteiger partial charge in [0.2, 0.25) is 11.8 Å². The van der Waals surface area contributed by atoms with Gasteiger partial charge in [-0.05, 0) is 30.9 Å². The molecule has 0 unspecified atom stereocenters. The summed E-state index contributed by atoms with van der Waals surface area (Å²) in [6, 6.07) is 8.11. The van der Waals surface area contributed by atoms with Gasteiger partial charge in [0.1, 0.15) is 0 Å². The minimum Gasteiger partial charge on any atom is -0.362 e. The first-order valence-corrected chi connectivity index (χ1v) is 8.10. The highest BCUT2D eigenvalue weighted by molar-refractivity contribution is 5.76. The molecule has 2 saturated heterocycles. The molecule has 2 heterocycles. The Balaban J connectivity index is 1.78. The third-order valence-electron chi connectivity index (χ3n) is 5.04. The van der Waals surface area contributed by atoms with Crippen LogP contribution in [-0.2, 0) is 16.0 Å². The van der Waals surface area contributed by atoms with Crippen molar-refractivity contribution < 1.29 is 14.8 Å². The van der Waals surface area contributed by atoms with Crippen molar-refractivity contribution in [3.8, 4) is 0 Å². The van der Waals surface area contributed by atoms with Crippen LogP contribution in [0.1, 0.15) is 31.7 Å². The fourth-order valence-corrected chi connectivity index (χ4v) is 3.82. The molecular weight excluding hydrogens is 294 g/mol. The molecule has 1 aromatic rings. The van der Waals surface area contributed by atoms with Crippen LogP contribution in [0.15, 0.2) is 24.3 Å². The van der Waals surface area contributed by atoms with E-state index in [0.717, 1.165) is 43.7 Å². The molecule has 0 atom stereocenters. The van der Waals surface area contributed by atoms with Crippen molar-refractivity contribution in [2.45, 2.75) is 38.1 Å². The number of para-hydroxylation sites is 1. The van der Waals surface area contributed by atoms with E-state index < -0.39 is 0 Å². The summed E-state index contributed by atoms with van der Waals surface area (Å²) in [4.78, 5) is 27.1. The monoisotopic (exact) mass is 317 g/mol. The number of carbonyl (C=O) groups excluding carboxylic acids is 2. The summed E-state index contributed by atoms with van der Waals surface area (Å²) in [5, 5.41) is 8.66. The molecule has 2 amide bonds. The van der Waals surface area contributed by atoms with Crippen LogP contribution in [0.25, 0.3) is 0 Å². The zero-order valence-electron chi connectivity index (χ0n) is 13.4. The lowest BCUT2D eigenvalue weighted by molar-refractivity contribution is -0.136. The maximum absolute atomic E-state index is 11.5. The van der Waals surface area contributed by atoms with Crippen LogP contribution in [0.3, 0.4) is 0 Å². The fraction of sp³-hybridized carbons (Fsp3) is 0.529. The maximum atomic E-state index is 11.5. The number of nitrogens with zero attached hydrogens (tertiary/aromatic N) is 2. The molecule has 0 saturated carbocycles. The van der Waals surface area contributed by atoms with Gasteiger partial charge in [-0.15, -0.1) is 0 Å². The molecule has 2 aliphatic heterocycles. The van der Waals surface area contributed by atoms with Gasteiger partial charge < -0.3 is 9.80 Å². The molecule has 0 aliphatic carbocycles. The molecular formula is C17H23N3O3. The Hall–Kier alpha value is -2.08. The number of amides is 2. The summed E-state index contributed by atoms with van der Waals surface area (Å²) < 4.78 is 0. The molecule has 3 rings (SSSR count). The molecule has 124 valence electrons. The smallest absolute Gasteiger partial charge is 0.243 e. The van der Waals surface area contributed by atoms with Gasteiger partial charge in [0.05, 0.1) is 5.54 Å². The average molecular weight is 317 g/mol. The second-order valence-electron chi connectivity index (χ2n) is 6.52. The van der Waals surface area contributed by atoms with Crippen molar-refractivity contribution >= 4 is 17.5 Å². The normalized spacial score (nSPS) is 18.9. The average Bonchev–Trinajstić information content (AvgIpc) is 2.96. The SMILES string of the molecule is CC(=O)N1CC2(CCCN2c2ccccc2CCC(=O)NO)C1. The van der Waals surface area contributed by atoms with Crippen molar-refractivity contribution in [3.63, 3.8) is 0 Å². The van der Waals surface area contributed by atoms with E-state index in [-0.39, 0.29) is 23.8 Å². The van der Waals surface area contributed by atoms with Crippen LogP contribution < -0.4 is 10.4 Å². The summed E-state index contributed by atoms with van der Waals surface area (Å²) in [7, 11) is 0. The summed E-state index contributed by atoms with van der Waals surface area (Å²) in [6.07, 6.45) is 3.07. The largest absolute Gasteiger partial charge is 0.362 e. The minimum atomic E-state index is -0.373. The Kier molecular flexibility index (Phi) is 4.26. The fourth-order valence-electron chi connectivity index (χ4n) is 3.82. The Morgan fingerprint density at radius 3 is 2.74 bits per heavy atom. The van der Waals surface area contributed by atoms with E-state index in [2.05, 4.69) is 11.0 Å². The summed E-state index contributed by atoms with van der Waals surface area (Å²) in [5.41, 5.74) is 4.00. The van der Waals surface area contributed by atoms with Gasteiger partial charge in [0, 0.05) is 38.7 Å². The second-order valence-corrected chi connectivity index (χ2v) is 6.52. The zero-order chi connectivity index (χ0) is 16.4. The predicted molar refractivity (Wildman–Crippen MR) is 86.3 cm³/mol. The summed E-state index contributed by atoms with van der Waals surface area (Å²) in [6.45, 7) is 4.17. The van der Waals surface area contributed by atoms with Crippen molar-refractivity contribution in [2.75, 3.05) is 24.5 Å². The Morgan fingerprint density at radius 2 is 2.04 bits per heavy atom. The van der Waals surface area contributed by atoms with Crippen LogP contribution in [0.5, 0.6) is 0 Å². The number of rotatable bonds is 4. The molecule has 1 aromatic carbocycles. The van der Waals surface area contributed by atoms with Gasteiger partial charge >= 0.3 is 0 Å². The lowest BCUT2D eigenvalue weighted by Gasteiger charge is -2.53. The Morgan fingerprint density at radius 1 is 1.30 bits per heavy atom. The molecule has 23 heavy (non-hydrogen) atoms. The second kappa shape index (κ2) is 6.20. The van der Waals surface area contributed by atoms with Crippen molar-refractivity contribution in [1.29, 1.82) is 0 Å². The third-order valence-corrected chi connectivity index (χ3v) is 5.04. The van der Waals surface area contributed by atoms with Gasteiger partial charge in [0.15, 0.2) is 0 Å². The van der Waals surface area contributed by atoms with Crippen molar-refractivity contribution in [1.82, 2.24) is 10.4 Å². The van der Waals surface area contributed by atoms with Crippen LogP contribution >= 0.6 is 0 Å². The van der Waals surface area contributed by atoms with Crippen molar-refractivity contribution in [2.24, 2.45) is 0 Å². The van der Waals surface area contributed by atoms with E-state index >= 15 is 0 Å². The van der Waals surface area contributed by atoms with Crippen LogP contribution in [0.4, 0.5) is 5.69 Å². The molecule has 6 heteroatoms. The van der Waals surface area contributed by atoms with Crippen LogP contribution in [0, 0.1) is 0 Å². The maximum Gasteiger partial charge on any atom is 0.243 e. The van der Waals surface area contributed by atoms with Crippen LogP contribution in [0.2, 0.25) is 0 Å². The number of benzene rings is 1. The first-order valence-electron chi connectivity index (χ1n) is 8.10. The molecule has 0 radical (unpaired) electrons. The number of hydrogen-bond donors (Lipinski definition) is 2. The summed E-state index contributed by atoms with van der Waals surface area (Å²) >= 11 is 0. The number of anilines is 1. The molecule has 2 fully saturated rings. The molecule has 0 bridgehead atoms. The first-order chi connectivity index (χ1) is 11.1. The highest BCUT2D eigenvalue weighted by Crippen LogP contribution is 2.42. The van der Waals surface area contributed by atoms with Gasteiger partial charge in [-0.3, -0.25) is 14.8 Å². The highest BCUT2D eigenvalue weighted by atomic mass is 16.5. The van der Waals surface area contributed by atoms with E-state index in [9.17, 15) is 9.59 Å². The molecule has 2 aliphatic rings. The van der Waals surface area contributed by atoms with Gasteiger partial charge in [-0.1, -0.05) is 18.2 Å². The minimum absolute atomic E-state index is 0.0566. The third kappa shape index (κ3) is 2.91. The lowest BCUT2D eigenvalue weighted by atomic mass is 9.86. The van der Waals surface area contributed by atoms with E-state index in [0.29, 0.717) is 6.42 Å². The number of aryl methyl sites for hydroxylation is 1. The van der Waals surface area contributed by atoms with Crippen LogP contribution in [-0.4, -0.2) is 47.1 Å². The number of hydrogen-bond acceptors (Lipinski definition) is 4. The van der Waals surface area contributed by atoms with E-state index in [4.69, 9.17) is 5.21 Å². The van der Waals surface area contributed by atoms with Crippen molar-refractivity contribution in [3.05, 3.63) is 29.8 Å². The Labute approximate surface area is 136 Å². The highest BCUT2D eigenvalue weighted by Gasteiger charge is 2.51. The number of likely N-dealkylation sites (tertiary alicyclic amines) is 1. The standard InChI is InChI=1S/C17H23N3O3/c1-13(21)19-11-17(12-19)9-4-10-20(17)15-6-3-2-5-14(15)7-8-16(22)18-23/h2-3,5-6,23H,4,7-12H2,1H3,(H,18,22). The number of nitrogens with one attached hydrogen (secondary N) is 1. The summed E-state index contributed by atoms with van der Waals surface area (Å²) in [5.74, 6) is -0.238. The predicted octanol–water partition coefficient (Wildman–Crippen LogP) is 1.33.